The Bertz CT molecular complexity index is 1030. The van der Waals surface area contributed by atoms with Gasteiger partial charge >= 0.3 is 0 Å². The van der Waals surface area contributed by atoms with E-state index in [2.05, 4.69) is 31.7 Å². The van der Waals surface area contributed by atoms with Gasteiger partial charge in [0.05, 0.1) is 12.8 Å². The number of carbonyl (C=O) groups excluding carboxylic acids is 1. The lowest BCUT2D eigenvalue weighted by Crippen LogP contribution is -2.14. The van der Waals surface area contributed by atoms with Gasteiger partial charge in [-0.05, 0) is 24.6 Å². The van der Waals surface area contributed by atoms with E-state index in [1.807, 2.05) is 25.1 Å². The smallest absolute Gasteiger partial charge is 0.278 e. The van der Waals surface area contributed by atoms with Gasteiger partial charge in [-0.3, -0.25) is 15.2 Å². The Balaban J connectivity index is 1.43. The van der Waals surface area contributed by atoms with Gasteiger partial charge in [0, 0.05) is 6.07 Å². The highest BCUT2D eigenvalue weighted by Gasteiger charge is 2.14. The lowest BCUT2D eigenvalue weighted by Gasteiger charge is -2.02. The molecule has 0 aliphatic rings. The Labute approximate surface area is 148 Å². The van der Waals surface area contributed by atoms with E-state index in [4.69, 9.17) is 4.42 Å². The van der Waals surface area contributed by atoms with Crippen LogP contribution >= 0.6 is 0 Å². The fourth-order valence-corrected chi connectivity index (χ4v) is 2.59. The zero-order valence-corrected chi connectivity index (χ0v) is 14.0. The highest BCUT2D eigenvalue weighted by atomic mass is 16.3. The lowest BCUT2D eigenvalue weighted by atomic mass is 10.1. The molecule has 1 amide bonds. The standard InChI is InChI=1S/C18H16N6O2/c1-12-4-2-5-13(8-12)10-24-11-19-18(23-24)20-17(25)15-9-14(21-22-15)16-6-3-7-26-16/h2-9,11H,10H2,1H3,(H,21,22)(H,20,23,25). The minimum absolute atomic E-state index is 0.227. The van der Waals surface area contributed by atoms with Crippen molar-refractivity contribution < 1.29 is 9.21 Å². The molecule has 8 nitrogen and oxygen atoms in total. The molecule has 0 radical (unpaired) electrons. The van der Waals surface area contributed by atoms with E-state index in [1.165, 1.54) is 5.56 Å². The molecular formula is C18H16N6O2. The zero-order valence-electron chi connectivity index (χ0n) is 14.0. The molecule has 4 rings (SSSR count). The number of aryl methyl sites for hydroxylation is 1. The summed E-state index contributed by atoms with van der Waals surface area (Å²) in [6.45, 7) is 2.62. The van der Waals surface area contributed by atoms with Gasteiger partial charge < -0.3 is 4.42 Å². The quantitative estimate of drug-likeness (QED) is 0.577. The SMILES string of the molecule is Cc1cccc(Cn2cnc(NC(=O)c3cc(-c4ccco4)[nH]n3)n2)c1. The van der Waals surface area contributed by atoms with Crippen LogP contribution in [0.15, 0.2) is 59.5 Å². The summed E-state index contributed by atoms with van der Waals surface area (Å²) < 4.78 is 6.94. The van der Waals surface area contributed by atoms with Crippen LogP contribution in [0.4, 0.5) is 5.95 Å². The van der Waals surface area contributed by atoms with Crippen LogP contribution in [0.1, 0.15) is 21.6 Å². The van der Waals surface area contributed by atoms with Crippen molar-refractivity contribution in [2.24, 2.45) is 0 Å². The predicted octanol–water partition coefficient (Wildman–Crippen LogP) is 2.87. The van der Waals surface area contributed by atoms with Crippen LogP contribution in [0.3, 0.4) is 0 Å². The van der Waals surface area contributed by atoms with Crippen molar-refractivity contribution in [3.05, 3.63) is 71.9 Å². The number of hydrogen-bond donors (Lipinski definition) is 2. The second-order valence-corrected chi connectivity index (χ2v) is 5.85. The molecular weight excluding hydrogens is 332 g/mol. The van der Waals surface area contributed by atoms with E-state index in [0.29, 0.717) is 18.0 Å². The summed E-state index contributed by atoms with van der Waals surface area (Å²) in [4.78, 5) is 16.4. The Morgan fingerprint density at radius 3 is 3.00 bits per heavy atom. The molecule has 0 bridgehead atoms. The van der Waals surface area contributed by atoms with Crippen LogP contribution in [-0.2, 0) is 6.54 Å². The van der Waals surface area contributed by atoms with Crippen LogP contribution in [0.2, 0.25) is 0 Å². The number of benzene rings is 1. The summed E-state index contributed by atoms with van der Waals surface area (Å²) in [5.74, 6) is 0.440. The van der Waals surface area contributed by atoms with Crippen molar-refractivity contribution in [1.29, 1.82) is 0 Å². The molecule has 3 heterocycles. The number of aromatic nitrogens is 5. The van der Waals surface area contributed by atoms with E-state index >= 15 is 0 Å². The Morgan fingerprint density at radius 2 is 2.19 bits per heavy atom. The molecule has 0 aliphatic heterocycles. The van der Waals surface area contributed by atoms with Crippen molar-refractivity contribution in [1.82, 2.24) is 25.0 Å². The van der Waals surface area contributed by atoms with Gasteiger partial charge in [-0.15, -0.1) is 5.10 Å². The Hall–Kier alpha value is -3.68. The molecule has 130 valence electrons. The first-order valence-electron chi connectivity index (χ1n) is 8.03. The normalized spacial score (nSPS) is 10.8. The van der Waals surface area contributed by atoms with Crippen LogP contribution in [-0.4, -0.2) is 30.9 Å². The van der Waals surface area contributed by atoms with E-state index in [9.17, 15) is 4.79 Å². The van der Waals surface area contributed by atoms with Crippen LogP contribution in [0.25, 0.3) is 11.5 Å². The number of carbonyl (C=O) groups is 1. The number of amides is 1. The Kier molecular flexibility index (Phi) is 4.06. The van der Waals surface area contributed by atoms with E-state index in [1.54, 1.807) is 35.5 Å². The number of nitrogens with one attached hydrogen (secondary N) is 2. The maximum Gasteiger partial charge on any atom is 0.278 e. The summed E-state index contributed by atoms with van der Waals surface area (Å²) in [6, 6.07) is 13.3. The molecule has 3 aromatic heterocycles. The third-order valence-electron chi connectivity index (χ3n) is 3.79. The second-order valence-electron chi connectivity index (χ2n) is 5.85. The van der Waals surface area contributed by atoms with Gasteiger partial charge in [-0.2, -0.15) is 5.10 Å². The average molecular weight is 348 g/mol. The van der Waals surface area contributed by atoms with Gasteiger partial charge in [0.25, 0.3) is 5.91 Å². The third-order valence-corrected chi connectivity index (χ3v) is 3.79. The number of H-pyrrole nitrogens is 1. The Morgan fingerprint density at radius 1 is 1.27 bits per heavy atom. The summed E-state index contributed by atoms with van der Waals surface area (Å²) in [7, 11) is 0. The fourth-order valence-electron chi connectivity index (χ4n) is 2.59. The number of nitrogens with zero attached hydrogens (tertiary/aromatic N) is 4. The first-order chi connectivity index (χ1) is 12.7. The maximum absolute atomic E-state index is 12.3. The summed E-state index contributed by atoms with van der Waals surface area (Å²) in [6.07, 6.45) is 3.14. The predicted molar refractivity (Wildman–Crippen MR) is 94.5 cm³/mol. The molecule has 4 aromatic rings. The topological polar surface area (TPSA) is 102 Å². The number of anilines is 1. The summed E-state index contributed by atoms with van der Waals surface area (Å²) in [5.41, 5.74) is 3.15. The molecule has 8 heteroatoms. The lowest BCUT2D eigenvalue weighted by molar-refractivity contribution is 0.102. The largest absolute Gasteiger partial charge is 0.463 e. The monoisotopic (exact) mass is 348 g/mol. The molecule has 0 saturated carbocycles. The minimum atomic E-state index is -0.396. The number of hydrogen-bond acceptors (Lipinski definition) is 5. The highest BCUT2D eigenvalue weighted by molar-refractivity contribution is 6.02. The van der Waals surface area contributed by atoms with Gasteiger partial charge in [-0.25, -0.2) is 9.67 Å². The molecule has 0 unspecified atom stereocenters. The first-order valence-corrected chi connectivity index (χ1v) is 8.03. The van der Waals surface area contributed by atoms with E-state index in [0.717, 1.165) is 5.56 Å². The maximum atomic E-state index is 12.3. The van der Waals surface area contributed by atoms with Gasteiger partial charge in [0.15, 0.2) is 11.5 Å². The van der Waals surface area contributed by atoms with Crippen LogP contribution in [0.5, 0.6) is 0 Å². The van der Waals surface area contributed by atoms with Crippen molar-refractivity contribution >= 4 is 11.9 Å². The summed E-state index contributed by atoms with van der Waals surface area (Å²) >= 11 is 0. The zero-order chi connectivity index (χ0) is 17.9. The highest BCUT2D eigenvalue weighted by Crippen LogP contribution is 2.18. The molecule has 0 aliphatic carbocycles. The van der Waals surface area contributed by atoms with Crippen LogP contribution < -0.4 is 5.32 Å². The average Bonchev–Trinajstić information content (AvgIpc) is 3.36. The fraction of sp³-hybridized carbons (Fsp3) is 0.111. The molecule has 0 atom stereocenters. The van der Waals surface area contributed by atoms with Crippen molar-refractivity contribution in [2.45, 2.75) is 13.5 Å². The molecule has 26 heavy (non-hydrogen) atoms. The molecule has 0 spiro atoms. The van der Waals surface area contributed by atoms with Gasteiger partial charge in [0.2, 0.25) is 5.95 Å². The molecule has 2 N–H and O–H groups in total. The number of furan rings is 1. The van der Waals surface area contributed by atoms with E-state index in [-0.39, 0.29) is 11.6 Å². The van der Waals surface area contributed by atoms with Crippen molar-refractivity contribution in [3.8, 4) is 11.5 Å². The molecule has 0 saturated heterocycles. The summed E-state index contributed by atoms with van der Waals surface area (Å²) in [5, 5.41) is 13.7. The molecule has 1 aromatic carbocycles. The first kappa shape index (κ1) is 15.8. The van der Waals surface area contributed by atoms with Crippen molar-refractivity contribution in [2.75, 3.05) is 5.32 Å². The van der Waals surface area contributed by atoms with Crippen LogP contribution in [0, 0.1) is 6.92 Å². The van der Waals surface area contributed by atoms with Crippen molar-refractivity contribution in [3.63, 3.8) is 0 Å². The number of rotatable bonds is 5. The molecule has 0 fully saturated rings. The van der Waals surface area contributed by atoms with E-state index < -0.39 is 5.91 Å². The number of aromatic amines is 1. The third kappa shape index (κ3) is 3.39. The van der Waals surface area contributed by atoms with Gasteiger partial charge in [-0.1, -0.05) is 29.8 Å². The minimum Gasteiger partial charge on any atom is -0.463 e. The van der Waals surface area contributed by atoms with Gasteiger partial charge in [0.1, 0.15) is 12.0 Å². The second kappa shape index (κ2) is 6.67.